The molecule has 1 saturated heterocycles. The molecule has 0 aliphatic carbocycles. The molecule has 2 atom stereocenters. The minimum atomic E-state index is -0.374. The molecule has 20 heavy (non-hydrogen) atoms. The van der Waals surface area contributed by atoms with Crippen molar-refractivity contribution in [2.24, 2.45) is 0 Å². The smallest absolute Gasteiger partial charge is 0.0897 e. The quantitative estimate of drug-likeness (QED) is 0.570. The topological polar surface area (TPSA) is 44.7 Å². The van der Waals surface area contributed by atoms with E-state index in [4.69, 9.17) is 4.74 Å². The first kappa shape index (κ1) is 17.9. The van der Waals surface area contributed by atoms with Crippen molar-refractivity contribution in [1.29, 1.82) is 0 Å². The van der Waals surface area contributed by atoms with Gasteiger partial charge in [0.05, 0.1) is 12.7 Å². The van der Waals surface area contributed by atoms with Crippen molar-refractivity contribution in [3.05, 3.63) is 0 Å². The van der Waals surface area contributed by atoms with Gasteiger partial charge in [-0.3, -0.25) is 0 Å². The Morgan fingerprint density at radius 3 is 2.95 bits per heavy atom. The van der Waals surface area contributed by atoms with Gasteiger partial charge in [0, 0.05) is 19.2 Å². The van der Waals surface area contributed by atoms with Gasteiger partial charge in [0.2, 0.25) is 0 Å². The van der Waals surface area contributed by atoms with E-state index in [2.05, 4.69) is 24.1 Å². The molecule has 0 bridgehead atoms. The predicted octanol–water partition coefficient (Wildman–Crippen LogP) is 2.02. The van der Waals surface area contributed by atoms with Crippen molar-refractivity contribution in [3.8, 4) is 0 Å². The van der Waals surface area contributed by atoms with Gasteiger partial charge in [-0.25, -0.2) is 0 Å². The Balaban J connectivity index is 1.90. The van der Waals surface area contributed by atoms with E-state index in [0.29, 0.717) is 13.2 Å². The Bertz CT molecular complexity index is 227. The summed E-state index contributed by atoms with van der Waals surface area (Å²) in [6.07, 6.45) is 7.10. The summed E-state index contributed by atoms with van der Waals surface area (Å²) < 4.78 is 5.40. The lowest BCUT2D eigenvalue weighted by atomic mass is 10.0. The maximum atomic E-state index is 9.74. The van der Waals surface area contributed by atoms with Crippen molar-refractivity contribution >= 4 is 0 Å². The highest BCUT2D eigenvalue weighted by Gasteiger charge is 2.16. The fraction of sp³-hybridized carbons (Fsp3) is 1.00. The molecule has 2 unspecified atom stereocenters. The zero-order valence-electron chi connectivity index (χ0n) is 13.4. The highest BCUT2D eigenvalue weighted by Crippen LogP contribution is 2.15. The number of likely N-dealkylation sites (tertiary alicyclic amines) is 1. The number of aliphatic hydroxyl groups excluding tert-OH is 1. The maximum Gasteiger partial charge on any atom is 0.0897 e. The molecule has 0 amide bonds. The van der Waals surface area contributed by atoms with Gasteiger partial charge in [0.25, 0.3) is 0 Å². The van der Waals surface area contributed by atoms with Gasteiger partial charge in [-0.05, 0) is 52.2 Å². The van der Waals surface area contributed by atoms with Crippen LogP contribution in [0.4, 0.5) is 0 Å². The first-order valence-corrected chi connectivity index (χ1v) is 8.44. The Labute approximate surface area is 124 Å². The number of aliphatic hydroxyl groups is 1. The third kappa shape index (κ3) is 8.20. The van der Waals surface area contributed by atoms with Crippen molar-refractivity contribution in [2.45, 2.75) is 64.5 Å². The summed E-state index contributed by atoms with van der Waals surface area (Å²) in [7, 11) is 0. The van der Waals surface area contributed by atoms with E-state index < -0.39 is 0 Å². The lowest BCUT2D eigenvalue weighted by Crippen LogP contribution is -2.39. The molecule has 1 aliphatic rings. The van der Waals surface area contributed by atoms with Crippen LogP contribution >= 0.6 is 0 Å². The van der Waals surface area contributed by atoms with Crippen LogP contribution in [0.1, 0.15) is 52.4 Å². The summed E-state index contributed by atoms with van der Waals surface area (Å²) in [4.78, 5) is 2.59. The number of hydrogen-bond acceptors (Lipinski definition) is 4. The molecule has 0 aromatic heterocycles. The second-order valence-corrected chi connectivity index (χ2v) is 6.02. The number of nitrogens with one attached hydrogen (secondary N) is 1. The normalized spacial score (nSPS) is 22.1. The average Bonchev–Trinajstić information content (AvgIpc) is 2.45. The summed E-state index contributed by atoms with van der Waals surface area (Å²) in [5.41, 5.74) is 0. The van der Waals surface area contributed by atoms with Crippen LogP contribution in [0, 0.1) is 0 Å². The fourth-order valence-electron chi connectivity index (χ4n) is 2.69. The summed E-state index contributed by atoms with van der Waals surface area (Å²) in [6.45, 7) is 9.76. The van der Waals surface area contributed by atoms with Gasteiger partial charge in [-0.1, -0.05) is 19.8 Å². The molecule has 0 aromatic rings. The van der Waals surface area contributed by atoms with Crippen LogP contribution in [-0.4, -0.2) is 61.5 Å². The minimum absolute atomic E-state index is 0.374. The molecule has 4 heteroatoms. The van der Waals surface area contributed by atoms with Gasteiger partial charge in [-0.15, -0.1) is 0 Å². The van der Waals surface area contributed by atoms with E-state index in [1.54, 1.807) is 0 Å². The van der Waals surface area contributed by atoms with Crippen LogP contribution in [0.5, 0.6) is 0 Å². The zero-order chi connectivity index (χ0) is 14.6. The van der Waals surface area contributed by atoms with Gasteiger partial charge in [-0.2, -0.15) is 0 Å². The van der Waals surface area contributed by atoms with Crippen LogP contribution in [0.3, 0.4) is 0 Å². The van der Waals surface area contributed by atoms with Gasteiger partial charge < -0.3 is 20.1 Å². The van der Waals surface area contributed by atoms with Crippen LogP contribution in [0.25, 0.3) is 0 Å². The van der Waals surface area contributed by atoms with Crippen molar-refractivity contribution in [2.75, 3.05) is 39.4 Å². The molecule has 0 radical (unpaired) electrons. The Hall–Kier alpha value is -0.160. The standard InChI is InChI=1S/C16H34N2O2/c1-3-4-12-20-14-16(19)13-17-9-7-11-18-10-6-5-8-15(18)2/h15-17,19H,3-14H2,1-2H3. The number of nitrogens with zero attached hydrogens (tertiary/aromatic N) is 1. The Morgan fingerprint density at radius 1 is 1.35 bits per heavy atom. The highest BCUT2D eigenvalue weighted by molar-refractivity contribution is 4.73. The molecule has 1 fully saturated rings. The molecular weight excluding hydrogens is 252 g/mol. The second-order valence-electron chi connectivity index (χ2n) is 6.02. The molecule has 4 nitrogen and oxygen atoms in total. The third-order valence-electron chi connectivity index (χ3n) is 4.07. The van der Waals surface area contributed by atoms with E-state index in [9.17, 15) is 5.11 Å². The minimum Gasteiger partial charge on any atom is -0.389 e. The number of piperidine rings is 1. The molecule has 120 valence electrons. The van der Waals surface area contributed by atoms with Crippen LogP contribution in [0.15, 0.2) is 0 Å². The SMILES string of the molecule is CCCCOCC(O)CNCCCN1CCCCC1C. The van der Waals surface area contributed by atoms with E-state index in [0.717, 1.165) is 38.5 Å². The monoisotopic (exact) mass is 286 g/mol. The molecule has 0 aromatic carbocycles. The highest BCUT2D eigenvalue weighted by atomic mass is 16.5. The summed E-state index contributed by atoms with van der Waals surface area (Å²) in [5, 5.41) is 13.1. The lowest BCUT2D eigenvalue weighted by Gasteiger charge is -2.33. The molecule has 0 spiro atoms. The van der Waals surface area contributed by atoms with Crippen molar-refractivity contribution in [1.82, 2.24) is 10.2 Å². The number of unbranched alkanes of at least 4 members (excludes halogenated alkanes) is 1. The van der Waals surface area contributed by atoms with E-state index >= 15 is 0 Å². The summed E-state index contributed by atoms with van der Waals surface area (Å²) in [6, 6.07) is 0.751. The van der Waals surface area contributed by atoms with Gasteiger partial charge in [0.15, 0.2) is 0 Å². The molecule has 2 N–H and O–H groups in total. The van der Waals surface area contributed by atoms with Crippen LogP contribution in [-0.2, 0) is 4.74 Å². The summed E-state index contributed by atoms with van der Waals surface area (Å²) in [5.74, 6) is 0. The Kier molecular flexibility index (Phi) is 10.3. The molecule has 1 aliphatic heterocycles. The largest absolute Gasteiger partial charge is 0.389 e. The molecule has 1 heterocycles. The average molecular weight is 286 g/mol. The maximum absolute atomic E-state index is 9.74. The summed E-state index contributed by atoms with van der Waals surface area (Å²) >= 11 is 0. The fourth-order valence-corrected chi connectivity index (χ4v) is 2.69. The number of hydrogen-bond donors (Lipinski definition) is 2. The van der Waals surface area contributed by atoms with Crippen molar-refractivity contribution in [3.63, 3.8) is 0 Å². The van der Waals surface area contributed by atoms with E-state index in [-0.39, 0.29) is 6.10 Å². The third-order valence-corrected chi connectivity index (χ3v) is 4.07. The van der Waals surface area contributed by atoms with E-state index in [1.165, 1.54) is 32.4 Å². The van der Waals surface area contributed by atoms with Gasteiger partial charge in [0.1, 0.15) is 0 Å². The predicted molar refractivity (Wildman–Crippen MR) is 84.1 cm³/mol. The number of rotatable bonds is 11. The molecule has 1 rings (SSSR count). The first-order chi connectivity index (χ1) is 9.74. The van der Waals surface area contributed by atoms with Crippen molar-refractivity contribution < 1.29 is 9.84 Å². The van der Waals surface area contributed by atoms with Gasteiger partial charge >= 0.3 is 0 Å². The Morgan fingerprint density at radius 2 is 2.20 bits per heavy atom. The van der Waals surface area contributed by atoms with E-state index in [1.807, 2.05) is 0 Å². The van der Waals surface area contributed by atoms with Crippen LogP contribution in [0.2, 0.25) is 0 Å². The number of ether oxygens (including phenoxy) is 1. The lowest BCUT2D eigenvalue weighted by molar-refractivity contribution is 0.0358. The second kappa shape index (κ2) is 11.5. The molecule has 0 saturated carbocycles. The molecular formula is C16H34N2O2. The zero-order valence-corrected chi connectivity index (χ0v) is 13.4. The first-order valence-electron chi connectivity index (χ1n) is 8.44. The van der Waals surface area contributed by atoms with Crippen LogP contribution < -0.4 is 5.32 Å².